The first-order chi connectivity index (χ1) is 5.70. The number of hydrogen-bond donors (Lipinski definition) is 1. The molecule has 2 heteroatoms. The molecule has 0 unspecified atom stereocenters. The zero-order valence-electron chi connectivity index (χ0n) is 7.63. The smallest absolute Gasteiger partial charge is 0.227 e. The topological polar surface area (TPSA) is 29.1 Å². The summed E-state index contributed by atoms with van der Waals surface area (Å²) in [4.78, 5) is 11.5. The van der Waals surface area contributed by atoms with Gasteiger partial charge in [0.15, 0.2) is 0 Å². The van der Waals surface area contributed by atoms with Gasteiger partial charge in [0.25, 0.3) is 0 Å². The Morgan fingerprint density at radius 3 is 2.92 bits per heavy atom. The Labute approximate surface area is 73.0 Å². The Morgan fingerprint density at radius 2 is 2.25 bits per heavy atom. The molecular formula is C10H15NO. The first-order valence-corrected chi connectivity index (χ1v) is 4.67. The second kappa shape index (κ2) is 2.61. The minimum absolute atomic E-state index is 0.232. The summed E-state index contributed by atoms with van der Waals surface area (Å²) < 4.78 is 0. The van der Waals surface area contributed by atoms with Gasteiger partial charge in [-0.2, -0.15) is 0 Å². The normalized spacial score (nSPS) is 40.3. The predicted octanol–water partition coefficient (Wildman–Crippen LogP) is 1.68. The molecule has 2 aliphatic rings. The standard InChI is InChI=1S/C10H15NO/c1-6-3-4-8-7(2)5-11-10(12)9(6)8/h5-6,8-9H,3-4H2,1-2H3,(H,11,12)/t6-,8+,9+/m0/s1. The molecule has 0 saturated heterocycles. The molecule has 1 saturated carbocycles. The van der Waals surface area contributed by atoms with Crippen molar-refractivity contribution < 1.29 is 4.79 Å². The molecule has 2 rings (SSSR count). The molecule has 3 atom stereocenters. The molecule has 0 radical (unpaired) electrons. The van der Waals surface area contributed by atoms with Crippen LogP contribution >= 0.6 is 0 Å². The summed E-state index contributed by atoms with van der Waals surface area (Å²) in [6.07, 6.45) is 4.27. The summed E-state index contributed by atoms with van der Waals surface area (Å²) in [5.41, 5.74) is 1.35. The lowest BCUT2D eigenvalue weighted by Crippen LogP contribution is -2.37. The van der Waals surface area contributed by atoms with Gasteiger partial charge in [-0.25, -0.2) is 0 Å². The molecule has 1 fully saturated rings. The van der Waals surface area contributed by atoms with Crippen molar-refractivity contribution in [3.05, 3.63) is 11.8 Å². The van der Waals surface area contributed by atoms with E-state index in [9.17, 15) is 4.79 Å². The molecule has 0 aromatic carbocycles. The molecule has 0 spiro atoms. The highest BCUT2D eigenvalue weighted by atomic mass is 16.1. The first kappa shape index (κ1) is 7.84. The number of hydrogen-bond acceptors (Lipinski definition) is 1. The Hall–Kier alpha value is -0.790. The van der Waals surface area contributed by atoms with Gasteiger partial charge in [-0.05, 0) is 31.6 Å². The van der Waals surface area contributed by atoms with E-state index in [1.807, 2.05) is 6.20 Å². The van der Waals surface area contributed by atoms with Gasteiger partial charge in [0.05, 0.1) is 0 Å². The average molecular weight is 165 g/mol. The highest BCUT2D eigenvalue weighted by Gasteiger charge is 2.40. The molecular weight excluding hydrogens is 150 g/mol. The maximum atomic E-state index is 11.5. The van der Waals surface area contributed by atoms with Gasteiger partial charge in [-0.1, -0.05) is 12.5 Å². The Bertz CT molecular complexity index is 244. The van der Waals surface area contributed by atoms with Crippen LogP contribution in [0.25, 0.3) is 0 Å². The van der Waals surface area contributed by atoms with E-state index in [-0.39, 0.29) is 11.8 Å². The highest BCUT2D eigenvalue weighted by molar-refractivity contribution is 5.82. The van der Waals surface area contributed by atoms with Crippen LogP contribution < -0.4 is 5.32 Å². The largest absolute Gasteiger partial charge is 0.332 e. The second-order valence-corrected chi connectivity index (χ2v) is 4.08. The van der Waals surface area contributed by atoms with Crippen molar-refractivity contribution in [2.75, 3.05) is 0 Å². The molecule has 12 heavy (non-hydrogen) atoms. The zero-order chi connectivity index (χ0) is 8.72. The van der Waals surface area contributed by atoms with Crippen LogP contribution in [-0.4, -0.2) is 5.91 Å². The van der Waals surface area contributed by atoms with Crippen molar-refractivity contribution >= 4 is 5.91 Å². The quantitative estimate of drug-likeness (QED) is 0.581. The third kappa shape index (κ3) is 0.977. The van der Waals surface area contributed by atoms with Crippen molar-refractivity contribution in [3.63, 3.8) is 0 Å². The third-order valence-corrected chi connectivity index (χ3v) is 3.31. The molecule has 2 nitrogen and oxygen atoms in total. The summed E-state index contributed by atoms with van der Waals surface area (Å²) in [6.45, 7) is 4.30. The summed E-state index contributed by atoms with van der Waals surface area (Å²) >= 11 is 0. The Morgan fingerprint density at radius 1 is 1.50 bits per heavy atom. The SMILES string of the molecule is CC1=CNC(=O)[C@H]2[C@@H]1CC[C@@H]2C. The molecule has 0 aromatic heterocycles. The lowest BCUT2D eigenvalue weighted by molar-refractivity contribution is -0.126. The predicted molar refractivity (Wildman–Crippen MR) is 47.3 cm³/mol. The molecule has 1 heterocycles. The van der Waals surface area contributed by atoms with Crippen LogP contribution in [0.3, 0.4) is 0 Å². The maximum Gasteiger partial charge on any atom is 0.227 e. The van der Waals surface area contributed by atoms with E-state index < -0.39 is 0 Å². The molecule has 1 N–H and O–H groups in total. The van der Waals surface area contributed by atoms with Gasteiger partial charge in [-0.15, -0.1) is 0 Å². The molecule has 0 bridgehead atoms. The summed E-state index contributed by atoms with van der Waals surface area (Å²) in [6, 6.07) is 0. The van der Waals surface area contributed by atoms with Crippen LogP contribution in [0.5, 0.6) is 0 Å². The average Bonchev–Trinajstić information content (AvgIpc) is 2.42. The maximum absolute atomic E-state index is 11.5. The summed E-state index contributed by atoms with van der Waals surface area (Å²) in [5.74, 6) is 1.60. The van der Waals surface area contributed by atoms with Gasteiger partial charge in [0.1, 0.15) is 0 Å². The lowest BCUT2D eigenvalue weighted by atomic mass is 9.83. The minimum atomic E-state index is 0.232. The van der Waals surface area contributed by atoms with Crippen LogP contribution in [0.2, 0.25) is 0 Å². The van der Waals surface area contributed by atoms with E-state index in [1.54, 1.807) is 0 Å². The second-order valence-electron chi connectivity index (χ2n) is 4.08. The Kier molecular flexibility index (Phi) is 1.71. The van der Waals surface area contributed by atoms with Crippen molar-refractivity contribution in [1.29, 1.82) is 0 Å². The van der Waals surface area contributed by atoms with E-state index >= 15 is 0 Å². The fourth-order valence-electron chi connectivity index (χ4n) is 2.54. The van der Waals surface area contributed by atoms with Crippen LogP contribution in [0.1, 0.15) is 26.7 Å². The van der Waals surface area contributed by atoms with Gasteiger partial charge >= 0.3 is 0 Å². The van der Waals surface area contributed by atoms with Crippen molar-refractivity contribution in [2.24, 2.45) is 17.8 Å². The monoisotopic (exact) mass is 165 g/mol. The Balaban J connectivity index is 2.29. The number of fused-ring (bicyclic) bond motifs is 1. The van der Waals surface area contributed by atoms with E-state index in [2.05, 4.69) is 19.2 Å². The van der Waals surface area contributed by atoms with Gasteiger partial charge in [0, 0.05) is 12.1 Å². The van der Waals surface area contributed by atoms with E-state index in [0.29, 0.717) is 11.8 Å². The number of rotatable bonds is 0. The van der Waals surface area contributed by atoms with Crippen LogP contribution in [0, 0.1) is 17.8 Å². The van der Waals surface area contributed by atoms with E-state index in [4.69, 9.17) is 0 Å². The van der Waals surface area contributed by atoms with Crippen LogP contribution in [-0.2, 0) is 4.79 Å². The summed E-state index contributed by atoms with van der Waals surface area (Å²) in [7, 11) is 0. The number of carbonyl (C=O) groups is 1. The van der Waals surface area contributed by atoms with Crippen molar-refractivity contribution in [3.8, 4) is 0 Å². The van der Waals surface area contributed by atoms with Crippen LogP contribution in [0.4, 0.5) is 0 Å². The number of nitrogens with one attached hydrogen (secondary N) is 1. The van der Waals surface area contributed by atoms with Crippen molar-refractivity contribution in [1.82, 2.24) is 5.32 Å². The van der Waals surface area contributed by atoms with E-state index in [0.717, 1.165) is 0 Å². The summed E-state index contributed by atoms with van der Waals surface area (Å²) in [5, 5.41) is 2.83. The highest BCUT2D eigenvalue weighted by Crippen LogP contribution is 2.42. The van der Waals surface area contributed by atoms with Gasteiger partial charge in [-0.3, -0.25) is 4.79 Å². The van der Waals surface area contributed by atoms with Crippen molar-refractivity contribution in [2.45, 2.75) is 26.7 Å². The van der Waals surface area contributed by atoms with E-state index in [1.165, 1.54) is 18.4 Å². The fourth-order valence-corrected chi connectivity index (χ4v) is 2.54. The minimum Gasteiger partial charge on any atom is -0.332 e. The zero-order valence-corrected chi connectivity index (χ0v) is 7.63. The van der Waals surface area contributed by atoms with Gasteiger partial charge in [0.2, 0.25) is 5.91 Å². The fraction of sp³-hybridized carbons (Fsp3) is 0.700. The number of amides is 1. The number of allylic oxidation sites excluding steroid dienone is 1. The molecule has 1 aliphatic carbocycles. The lowest BCUT2D eigenvalue weighted by Gasteiger charge is -2.26. The molecule has 66 valence electrons. The third-order valence-electron chi connectivity index (χ3n) is 3.31. The molecule has 1 aliphatic heterocycles. The van der Waals surface area contributed by atoms with Gasteiger partial charge < -0.3 is 5.32 Å². The molecule has 0 aromatic rings. The number of carbonyl (C=O) groups excluding carboxylic acids is 1. The first-order valence-electron chi connectivity index (χ1n) is 4.67. The van der Waals surface area contributed by atoms with Crippen LogP contribution in [0.15, 0.2) is 11.8 Å². The molecule has 1 amide bonds.